The quantitative estimate of drug-likeness (QED) is 0.787. The van der Waals surface area contributed by atoms with Crippen molar-refractivity contribution >= 4 is 17.2 Å². The van der Waals surface area contributed by atoms with E-state index >= 15 is 0 Å². The summed E-state index contributed by atoms with van der Waals surface area (Å²) in [5.74, 6) is 0.364. The zero-order valence-electron chi connectivity index (χ0n) is 10.6. The second kappa shape index (κ2) is 3.84. The molecule has 3 nitrogen and oxygen atoms in total. The summed E-state index contributed by atoms with van der Waals surface area (Å²) in [7, 11) is 0. The predicted octanol–water partition coefficient (Wildman–Crippen LogP) is 3.37. The molecule has 0 bridgehead atoms. The van der Waals surface area contributed by atoms with Crippen molar-refractivity contribution < 1.29 is 13.2 Å². The van der Waals surface area contributed by atoms with E-state index in [0.29, 0.717) is 30.0 Å². The molecule has 20 heavy (non-hydrogen) atoms. The van der Waals surface area contributed by atoms with Gasteiger partial charge in [-0.1, -0.05) is 0 Å². The monoisotopic (exact) mass is 279 g/mol. The Balaban J connectivity index is 2.02. The SMILES string of the molecule is FC(F)(F)c1cnc2c(c1)c(C1CC1)c1n2CCN=C1. The highest BCUT2D eigenvalue weighted by atomic mass is 19.4. The van der Waals surface area contributed by atoms with Gasteiger partial charge in [-0.15, -0.1) is 0 Å². The summed E-state index contributed by atoms with van der Waals surface area (Å²) in [6.07, 6.45) is 0.440. The summed E-state index contributed by atoms with van der Waals surface area (Å²) in [6, 6.07) is 1.25. The van der Waals surface area contributed by atoms with E-state index in [1.165, 1.54) is 6.07 Å². The molecule has 0 spiro atoms. The lowest BCUT2D eigenvalue weighted by molar-refractivity contribution is -0.137. The summed E-state index contributed by atoms with van der Waals surface area (Å²) in [6.45, 7) is 1.34. The van der Waals surface area contributed by atoms with Crippen molar-refractivity contribution in [3.8, 4) is 0 Å². The van der Waals surface area contributed by atoms with Crippen molar-refractivity contribution in [2.45, 2.75) is 31.5 Å². The van der Waals surface area contributed by atoms with E-state index in [-0.39, 0.29) is 0 Å². The van der Waals surface area contributed by atoms with Crippen LogP contribution in [0.5, 0.6) is 0 Å². The molecular formula is C14H12F3N3. The molecule has 0 unspecified atom stereocenters. The fourth-order valence-electron chi connectivity index (χ4n) is 2.90. The van der Waals surface area contributed by atoms with Crippen LogP contribution < -0.4 is 0 Å². The average Bonchev–Trinajstić information content (AvgIpc) is 3.19. The molecular weight excluding hydrogens is 267 g/mol. The summed E-state index contributed by atoms with van der Waals surface area (Å²) < 4.78 is 40.6. The molecule has 1 saturated carbocycles. The van der Waals surface area contributed by atoms with E-state index < -0.39 is 11.7 Å². The molecule has 0 saturated heterocycles. The Morgan fingerprint density at radius 2 is 2.05 bits per heavy atom. The van der Waals surface area contributed by atoms with Crippen molar-refractivity contribution in [2.24, 2.45) is 4.99 Å². The Labute approximate surface area is 113 Å². The zero-order chi connectivity index (χ0) is 13.9. The Kier molecular flexibility index (Phi) is 2.29. The van der Waals surface area contributed by atoms with Crippen LogP contribution in [0.4, 0.5) is 13.2 Å². The van der Waals surface area contributed by atoms with E-state index in [0.717, 1.165) is 30.3 Å². The van der Waals surface area contributed by atoms with Crippen LogP contribution in [-0.2, 0) is 12.7 Å². The zero-order valence-corrected chi connectivity index (χ0v) is 10.6. The Morgan fingerprint density at radius 1 is 1.25 bits per heavy atom. The number of hydrogen-bond donors (Lipinski definition) is 0. The maximum atomic E-state index is 12.9. The van der Waals surface area contributed by atoms with Crippen molar-refractivity contribution in [3.05, 3.63) is 29.1 Å². The molecule has 0 N–H and O–H groups in total. The number of hydrogen-bond acceptors (Lipinski definition) is 2. The standard InChI is InChI=1S/C14H12F3N3/c15-14(16,17)9-5-10-12(8-1-2-8)11-7-18-3-4-20(11)13(10)19-6-9/h5-8H,1-4H2. The van der Waals surface area contributed by atoms with Gasteiger partial charge in [0, 0.05) is 24.3 Å². The van der Waals surface area contributed by atoms with Crippen LogP contribution in [0.25, 0.3) is 11.0 Å². The third kappa shape index (κ3) is 1.67. The lowest BCUT2D eigenvalue weighted by Crippen LogP contribution is -2.12. The molecule has 1 fully saturated rings. The number of pyridine rings is 1. The lowest BCUT2D eigenvalue weighted by atomic mass is 10.1. The van der Waals surface area contributed by atoms with E-state index in [2.05, 4.69) is 9.98 Å². The highest BCUT2D eigenvalue weighted by Gasteiger charge is 2.35. The van der Waals surface area contributed by atoms with E-state index in [1.807, 2.05) is 4.57 Å². The molecule has 1 aliphatic heterocycles. The molecule has 104 valence electrons. The van der Waals surface area contributed by atoms with Gasteiger partial charge in [0.2, 0.25) is 0 Å². The van der Waals surface area contributed by atoms with Crippen LogP contribution in [0.15, 0.2) is 17.3 Å². The Morgan fingerprint density at radius 3 is 2.75 bits per heavy atom. The van der Waals surface area contributed by atoms with Gasteiger partial charge in [-0.05, 0) is 30.4 Å². The van der Waals surface area contributed by atoms with Crippen LogP contribution in [0, 0.1) is 0 Å². The lowest BCUT2D eigenvalue weighted by Gasteiger charge is -2.10. The number of aliphatic imine (C=N–C) groups is 1. The Bertz CT molecular complexity index is 723. The maximum Gasteiger partial charge on any atom is 0.417 e. The minimum Gasteiger partial charge on any atom is -0.322 e. The van der Waals surface area contributed by atoms with Gasteiger partial charge in [0.15, 0.2) is 0 Å². The molecule has 1 aliphatic carbocycles. The molecule has 0 amide bonds. The highest BCUT2D eigenvalue weighted by molar-refractivity contribution is 5.94. The fourth-order valence-corrected chi connectivity index (χ4v) is 2.90. The van der Waals surface area contributed by atoms with Gasteiger partial charge in [0.05, 0.1) is 17.8 Å². The molecule has 3 heterocycles. The van der Waals surface area contributed by atoms with Gasteiger partial charge < -0.3 is 4.57 Å². The smallest absolute Gasteiger partial charge is 0.322 e. The van der Waals surface area contributed by atoms with Crippen molar-refractivity contribution in [3.63, 3.8) is 0 Å². The number of halogens is 3. The number of rotatable bonds is 1. The first kappa shape index (κ1) is 11.9. The normalized spacial score (nSPS) is 18.6. The van der Waals surface area contributed by atoms with E-state index in [9.17, 15) is 13.2 Å². The summed E-state index contributed by atoms with van der Waals surface area (Å²) in [5, 5.41) is 0.644. The minimum absolute atomic E-state index is 0.364. The number of aromatic nitrogens is 2. The second-order valence-corrected chi connectivity index (χ2v) is 5.35. The van der Waals surface area contributed by atoms with Gasteiger partial charge in [-0.3, -0.25) is 4.99 Å². The van der Waals surface area contributed by atoms with Gasteiger partial charge in [0.25, 0.3) is 0 Å². The van der Waals surface area contributed by atoms with Crippen molar-refractivity contribution in [2.75, 3.05) is 6.54 Å². The van der Waals surface area contributed by atoms with Crippen LogP contribution in [0.2, 0.25) is 0 Å². The molecule has 0 radical (unpaired) electrons. The number of fused-ring (bicyclic) bond motifs is 3. The second-order valence-electron chi connectivity index (χ2n) is 5.35. The van der Waals surface area contributed by atoms with Gasteiger partial charge >= 0.3 is 6.18 Å². The molecule has 6 heteroatoms. The first-order valence-corrected chi connectivity index (χ1v) is 6.65. The van der Waals surface area contributed by atoms with Crippen molar-refractivity contribution in [1.82, 2.24) is 9.55 Å². The molecule has 4 rings (SSSR count). The summed E-state index contributed by atoms with van der Waals surface area (Å²) in [4.78, 5) is 8.33. The molecule has 2 aromatic rings. The third-order valence-electron chi connectivity index (χ3n) is 3.96. The van der Waals surface area contributed by atoms with Gasteiger partial charge in [-0.25, -0.2) is 4.98 Å². The van der Waals surface area contributed by atoms with Crippen molar-refractivity contribution in [1.29, 1.82) is 0 Å². The third-order valence-corrected chi connectivity index (χ3v) is 3.96. The average molecular weight is 279 g/mol. The number of alkyl halides is 3. The summed E-state index contributed by atoms with van der Waals surface area (Å²) in [5.41, 5.74) is 1.93. The van der Waals surface area contributed by atoms with Gasteiger partial charge in [0.1, 0.15) is 5.65 Å². The van der Waals surface area contributed by atoms with E-state index in [4.69, 9.17) is 0 Å². The fraction of sp³-hybridized carbons (Fsp3) is 0.429. The Hall–Kier alpha value is -1.85. The first-order chi connectivity index (χ1) is 9.55. The molecule has 0 atom stereocenters. The molecule has 2 aromatic heterocycles. The van der Waals surface area contributed by atoms with Crippen LogP contribution in [0.1, 0.15) is 35.6 Å². The largest absolute Gasteiger partial charge is 0.417 e. The van der Waals surface area contributed by atoms with Crippen LogP contribution >= 0.6 is 0 Å². The first-order valence-electron chi connectivity index (χ1n) is 6.65. The maximum absolute atomic E-state index is 12.9. The van der Waals surface area contributed by atoms with Gasteiger partial charge in [-0.2, -0.15) is 13.2 Å². The van der Waals surface area contributed by atoms with Crippen LogP contribution in [-0.4, -0.2) is 22.3 Å². The van der Waals surface area contributed by atoms with E-state index in [1.54, 1.807) is 6.21 Å². The minimum atomic E-state index is -4.35. The molecule has 2 aliphatic rings. The van der Waals surface area contributed by atoms with Crippen LogP contribution in [0.3, 0.4) is 0 Å². The highest BCUT2D eigenvalue weighted by Crippen LogP contribution is 2.46. The predicted molar refractivity (Wildman–Crippen MR) is 69.2 cm³/mol. The number of nitrogens with zero attached hydrogens (tertiary/aromatic N) is 3. The molecule has 0 aromatic carbocycles. The summed E-state index contributed by atoms with van der Waals surface area (Å²) >= 11 is 0. The topological polar surface area (TPSA) is 30.2 Å².